The lowest BCUT2D eigenvalue weighted by molar-refractivity contribution is -0.125. The second kappa shape index (κ2) is 8.59. The van der Waals surface area contributed by atoms with Crippen LogP contribution in [0.2, 0.25) is 10.0 Å². The molecular weight excluding hydrogens is 373 g/mol. The number of benzene rings is 1. The third-order valence-electron chi connectivity index (χ3n) is 5.39. The van der Waals surface area contributed by atoms with Crippen molar-refractivity contribution in [2.45, 2.75) is 44.7 Å². The third kappa shape index (κ3) is 4.16. The molecule has 5 nitrogen and oxygen atoms in total. The molecule has 0 spiro atoms. The molecule has 2 unspecified atom stereocenters. The number of amides is 2. The summed E-state index contributed by atoms with van der Waals surface area (Å²) in [7, 11) is 0. The molecule has 0 saturated carbocycles. The Bertz CT molecular complexity index is 683. The Morgan fingerprint density at radius 3 is 2.73 bits per heavy atom. The quantitative estimate of drug-likeness (QED) is 0.829. The smallest absolute Gasteiger partial charge is 0.256 e. The van der Waals surface area contributed by atoms with Gasteiger partial charge in [0.25, 0.3) is 5.91 Å². The van der Waals surface area contributed by atoms with Gasteiger partial charge in [-0.2, -0.15) is 0 Å². The Hall–Kier alpha value is -1.30. The van der Waals surface area contributed by atoms with Gasteiger partial charge < -0.3 is 10.2 Å². The highest BCUT2D eigenvalue weighted by Crippen LogP contribution is 2.26. The van der Waals surface area contributed by atoms with E-state index < -0.39 is 6.04 Å². The Balaban J connectivity index is 1.64. The van der Waals surface area contributed by atoms with E-state index in [-0.39, 0.29) is 11.8 Å². The number of rotatable bonds is 5. The normalized spacial score (nSPS) is 23.4. The summed E-state index contributed by atoms with van der Waals surface area (Å²) >= 11 is 12.2. The number of hydrogen-bond donors (Lipinski definition) is 1. The van der Waals surface area contributed by atoms with Gasteiger partial charge in [0.15, 0.2) is 0 Å². The number of carbonyl (C=O) groups is 2. The van der Waals surface area contributed by atoms with Crippen molar-refractivity contribution in [2.75, 3.05) is 26.2 Å². The van der Waals surface area contributed by atoms with Crippen molar-refractivity contribution < 1.29 is 9.59 Å². The van der Waals surface area contributed by atoms with Gasteiger partial charge in [0.05, 0.1) is 10.6 Å². The van der Waals surface area contributed by atoms with E-state index in [1.165, 1.54) is 6.42 Å². The van der Waals surface area contributed by atoms with Crippen molar-refractivity contribution in [3.05, 3.63) is 33.8 Å². The van der Waals surface area contributed by atoms with Crippen LogP contribution >= 0.6 is 23.2 Å². The molecule has 2 aliphatic rings. The van der Waals surface area contributed by atoms with Crippen LogP contribution in [-0.4, -0.2) is 59.9 Å². The van der Waals surface area contributed by atoms with Gasteiger partial charge in [-0.25, -0.2) is 0 Å². The van der Waals surface area contributed by atoms with Crippen molar-refractivity contribution in [3.8, 4) is 0 Å². The summed E-state index contributed by atoms with van der Waals surface area (Å²) < 4.78 is 0. The Kier molecular flexibility index (Phi) is 6.43. The molecule has 2 heterocycles. The average Bonchev–Trinajstić information content (AvgIpc) is 3.30. The van der Waals surface area contributed by atoms with Crippen molar-refractivity contribution in [3.63, 3.8) is 0 Å². The largest absolute Gasteiger partial charge is 0.353 e. The number of carbonyl (C=O) groups excluding carboxylic acids is 2. The highest BCUT2D eigenvalue weighted by Gasteiger charge is 2.35. The van der Waals surface area contributed by atoms with E-state index in [1.54, 1.807) is 23.1 Å². The first-order valence-corrected chi connectivity index (χ1v) is 10.0. The number of likely N-dealkylation sites (tertiary alicyclic amines) is 2. The lowest BCUT2D eigenvalue weighted by Crippen LogP contribution is -2.49. The molecular formula is C19H25Cl2N3O2. The molecule has 2 atom stereocenters. The molecule has 2 saturated heterocycles. The predicted octanol–water partition coefficient (Wildman–Crippen LogP) is 3.20. The fourth-order valence-corrected chi connectivity index (χ4v) is 4.35. The van der Waals surface area contributed by atoms with Gasteiger partial charge in [-0.1, -0.05) is 30.1 Å². The van der Waals surface area contributed by atoms with E-state index >= 15 is 0 Å². The highest BCUT2D eigenvalue weighted by molar-refractivity contribution is 6.35. The van der Waals surface area contributed by atoms with Gasteiger partial charge in [0.1, 0.15) is 6.04 Å². The predicted molar refractivity (Wildman–Crippen MR) is 104 cm³/mol. The summed E-state index contributed by atoms with van der Waals surface area (Å²) in [5.74, 6) is -0.303. The summed E-state index contributed by atoms with van der Waals surface area (Å²) in [5, 5.41) is 3.87. The first-order valence-electron chi connectivity index (χ1n) is 9.29. The summed E-state index contributed by atoms with van der Waals surface area (Å²) in [6.07, 6.45) is 3.78. The zero-order valence-corrected chi connectivity index (χ0v) is 16.5. The lowest BCUT2D eigenvalue weighted by atomic mass is 10.1. The van der Waals surface area contributed by atoms with Crippen molar-refractivity contribution in [2.24, 2.45) is 0 Å². The van der Waals surface area contributed by atoms with Crippen LogP contribution in [0.4, 0.5) is 0 Å². The minimum absolute atomic E-state index is 0.0723. The second-order valence-electron chi connectivity index (χ2n) is 6.95. The molecule has 1 N–H and O–H groups in total. The van der Waals surface area contributed by atoms with Crippen LogP contribution in [0.15, 0.2) is 18.2 Å². The Morgan fingerprint density at radius 2 is 1.96 bits per heavy atom. The van der Waals surface area contributed by atoms with Gasteiger partial charge in [-0.05, 0) is 57.0 Å². The molecule has 3 rings (SSSR count). The minimum atomic E-state index is -0.436. The number of halogens is 2. The number of nitrogens with one attached hydrogen (secondary N) is 1. The fourth-order valence-electron chi connectivity index (χ4n) is 3.98. The molecule has 7 heteroatoms. The van der Waals surface area contributed by atoms with Crippen LogP contribution in [0, 0.1) is 0 Å². The van der Waals surface area contributed by atoms with Crippen LogP contribution in [0.1, 0.15) is 43.0 Å². The molecule has 2 aliphatic heterocycles. The summed E-state index contributed by atoms with van der Waals surface area (Å²) in [6, 6.07) is 4.79. The average molecular weight is 398 g/mol. The molecule has 2 fully saturated rings. The van der Waals surface area contributed by atoms with Gasteiger partial charge in [-0.3, -0.25) is 14.5 Å². The van der Waals surface area contributed by atoms with E-state index in [1.807, 2.05) is 0 Å². The Morgan fingerprint density at radius 1 is 1.19 bits per heavy atom. The van der Waals surface area contributed by atoms with Crippen molar-refractivity contribution >= 4 is 35.0 Å². The van der Waals surface area contributed by atoms with Crippen molar-refractivity contribution in [1.29, 1.82) is 0 Å². The fraction of sp³-hybridized carbons (Fsp3) is 0.579. The monoisotopic (exact) mass is 397 g/mol. The maximum absolute atomic E-state index is 12.9. The van der Waals surface area contributed by atoms with Crippen LogP contribution in [0.5, 0.6) is 0 Å². The van der Waals surface area contributed by atoms with Crippen LogP contribution in [-0.2, 0) is 4.79 Å². The van der Waals surface area contributed by atoms with Crippen molar-refractivity contribution in [1.82, 2.24) is 15.1 Å². The molecule has 1 aromatic carbocycles. The molecule has 1 aromatic rings. The molecule has 0 radical (unpaired) electrons. The standard InChI is InChI=1S/C19H25Cl2N3O2/c1-2-23-9-3-5-14(23)12-22-18(25)17-6-4-10-24(17)19(26)15-11-13(20)7-8-16(15)21/h7-8,11,14,17H,2-6,9-10,12H2,1H3,(H,22,25). The SMILES string of the molecule is CCN1CCCC1CNC(=O)C1CCCN1C(=O)c1cc(Cl)ccc1Cl. The number of hydrogen-bond acceptors (Lipinski definition) is 3. The van der Waals surface area contributed by atoms with Gasteiger partial charge >= 0.3 is 0 Å². The first-order chi connectivity index (χ1) is 12.5. The zero-order valence-electron chi connectivity index (χ0n) is 15.0. The van der Waals surface area contributed by atoms with Gasteiger partial charge in [0, 0.05) is 24.2 Å². The molecule has 2 amide bonds. The third-order valence-corrected chi connectivity index (χ3v) is 5.96. The van der Waals surface area contributed by atoms with E-state index in [9.17, 15) is 9.59 Å². The van der Waals surface area contributed by atoms with E-state index in [4.69, 9.17) is 23.2 Å². The molecule has 0 bridgehead atoms. The lowest BCUT2D eigenvalue weighted by Gasteiger charge is -2.27. The zero-order chi connectivity index (χ0) is 18.7. The van der Waals surface area contributed by atoms with E-state index in [2.05, 4.69) is 17.1 Å². The van der Waals surface area contributed by atoms with Crippen LogP contribution in [0.25, 0.3) is 0 Å². The van der Waals surface area contributed by atoms with Crippen LogP contribution < -0.4 is 5.32 Å². The Labute approximate surface area is 164 Å². The van der Waals surface area contributed by atoms with E-state index in [0.29, 0.717) is 41.2 Å². The van der Waals surface area contributed by atoms with Gasteiger partial charge in [-0.15, -0.1) is 0 Å². The summed E-state index contributed by atoms with van der Waals surface area (Å²) in [4.78, 5) is 29.6. The van der Waals surface area contributed by atoms with Crippen LogP contribution in [0.3, 0.4) is 0 Å². The van der Waals surface area contributed by atoms with Gasteiger partial charge in [0.2, 0.25) is 5.91 Å². The highest BCUT2D eigenvalue weighted by atomic mass is 35.5. The topological polar surface area (TPSA) is 52.7 Å². The summed E-state index contributed by atoms with van der Waals surface area (Å²) in [6.45, 7) is 5.44. The van der Waals surface area contributed by atoms with E-state index in [0.717, 1.165) is 25.9 Å². The minimum Gasteiger partial charge on any atom is -0.353 e. The first kappa shape index (κ1) is 19.5. The molecule has 142 valence electrons. The maximum Gasteiger partial charge on any atom is 0.256 e. The molecule has 0 aromatic heterocycles. The summed E-state index contributed by atoms with van der Waals surface area (Å²) in [5.41, 5.74) is 0.354. The number of likely N-dealkylation sites (N-methyl/N-ethyl adjacent to an activating group) is 1. The molecule has 26 heavy (non-hydrogen) atoms. The molecule has 0 aliphatic carbocycles. The second-order valence-corrected chi connectivity index (χ2v) is 7.79. The number of nitrogens with zero attached hydrogens (tertiary/aromatic N) is 2. The maximum atomic E-state index is 12.9.